The van der Waals surface area contributed by atoms with Crippen molar-refractivity contribution in [3.63, 3.8) is 0 Å². The second kappa shape index (κ2) is 12.3. The molecule has 0 spiro atoms. The van der Waals surface area contributed by atoms with Gasteiger partial charge >= 0.3 is 19.5 Å². The average molecular weight is 530 g/mol. The van der Waals surface area contributed by atoms with Crippen molar-refractivity contribution in [2.45, 2.75) is 46.3 Å². The van der Waals surface area contributed by atoms with Crippen molar-refractivity contribution in [2.75, 3.05) is 13.2 Å². The molecule has 2 aromatic carbocycles. The first-order chi connectivity index (χ1) is 17.2. The van der Waals surface area contributed by atoms with Crippen LogP contribution in [0.3, 0.4) is 0 Å². The predicted octanol–water partition coefficient (Wildman–Crippen LogP) is 6.56. The van der Waals surface area contributed by atoms with Crippen LogP contribution >= 0.6 is 18.9 Å². The monoisotopic (exact) mass is 529 g/mol. The molecule has 0 saturated heterocycles. The molecule has 0 bridgehead atoms. The standard InChI is InChI=1S/C27H32NO6PS/c1-6-13-32-26(29)20(5)28-35(31,34-25-18(3)9-8-10-19(25)4)17-21-11-12-23-22(15-21)16-24(36-23)27(30)33-14-7-2/h7-12,15-16,20H,2,6,13-14,17H2,1,3-5H3,(H,28,31). The zero-order valence-electron chi connectivity index (χ0n) is 21.0. The number of hydrogen-bond acceptors (Lipinski definition) is 7. The molecule has 9 heteroatoms. The smallest absolute Gasteiger partial charge is 0.348 e. The van der Waals surface area contributed by atoms with Gasteiger partial charge < -0.3 is 14.0 Å². The average Bonchev–Trinajstić information content (AvgIpc) is 3.27. The van der Waals surface area contributed by atoms with Gasteiger partial charge in [0.2, 0.25) is 0 Å². The van der Waals surface area contributed by atoms with Crippen LogP contribution in [-0.4, -0.2) is 31.2 Å². The number of ether oxygens (including phenoxy) is 2. The van der Waals surface area contributed by atoms with Crippen molar-refractivity contribution in [3.05, 3.63) is 76.7 Å². The molecule has 3 rings (SSSR count). The summed E-state index contributed by atoms with van der Waals surface area (Å²) < 4.78 is 31.6. The lowest BCUT2D eigenvalue weighted by atomic mass is 10.1. The molecule has 0 radical (unpaired) electrons. The minimum atomic E-state index is -3.61. The summed E-state index contributed by atoms with van der Waals surface area (Å²) in [5.74, 6) is -0.382. The predicted molar refractivity (Wildman–Crippen MR) is 144 cm³/mol. The van der Waals surface area contributed by atoms with E-state index in [-0.39, 0.29) is 12.8 Å². The van der Waals surface area contributed by atoms with Crippen molar-refractivity contribution in [1.29, 1.82) is 0 Å². The van der Waals surface area contributed by atoms with Crippen LogP contribution in [0.25, 0.3) is 10.1 Å². The molecule has 0 amide bonds. The van der Waals surface area contributed by atoms with E-state index in [4.69, 9.17) is 14.0 Å². The fourth-order valence-corrected chi connectivity index (χ4v) is 6.71. The number of benzene rings is 2. The van der Waals surface area contributed by atoms with Crippen LogP contribution in [-0.2, 0) is 25.0 Å². The molecule has 0 saturated carbocycles. The molecule has 36 heavy (non-hydrogen) atoms. The highest BCUT2D eigenvalue weighted by atomic mass is 32.1. The van der Waals surface area contributed by atoms with Gasteiger partial charge in [0.15, 0.2) is 0 Å². The molecular weight excluding hydrogens is 497 g/mol. The van der Waals surface area contributed by atoms with Gasteiger partial charge in [0.25, 0.3) is 0 Å². The van der Waals surface area contributed by atoms with E-state index in [1.807, 2.05) is 57.2 Å². The van der Waals surface area contributed by atoms with Gasteiger partial charge in [-0.1, -0.05) is 43.8 Å². The maximum absolute atomic E-state index is 14.2. The van der Waals surface area contributed by atoms with Crippen molar-refractivity contribution >= 4 is 40.9 Å². The van der Waals surface area contributed by atoms with Gasteiger partial charge in [-0.25, -0.2) is 9.88 Å². The number of nitrogens with one attached hydrogen (secondary N) is 1. The number of para-hydroxylation sites is 1. The number of hydrogen-bond donors (Lipinski definition) is 1. The molecule has 2 atom stereocenters. The normalized spacial score (nSPS) is 13.6. The van der Waals surface area contributed by atoms with Gasteiger partial charge in [0.1, 0.15) is 23.3 Å². The molecule has 7 nitrogen and oxygen atoms in total. The van der Waals surface area contributed by atoms with Crippen LogP contribution in [0.5, 0.6) is 5.75 Å². The SMILES string of the molecule is C=CCOC(=O)c1cc2cc(CP(=O)(NC(C)C(=O)OCCC)Oc3c(C)cccc3C)ccc2s1. The lowest BCUT2D eigenvalue weighted by molar-refractivity contribution is -0.145. The Morgan fingerprint density at radius 1 is 1.14 bits per heavy atom. The third kappa shape index (κ3) is 7.06. The summed E-state index contributed by atoms with van der Waals surface area (Å²) in [6.07, 6.45) is 2.25. The summed E-state index contributed by atoms with van der Waals surface area (Å²) in [7, 11) is -3.61. The first-order valence-corrected chi connectivity index (χ1v) is 14.4. The number of rotatable bonds is 12. The van der Waals surface area contributed by atoms with E-state index >= 15 is 0 Å². The van der Waals surface area contributed by atoms with Crippen molar-refractivity contribution in [1.82, 2.24) is 5.09 Å². The maximum atomic E-state index is 14.2. The van der Waals surface area contributed by atoms with Gasteiger partial charge in [0.05, 0.1) is 12.8 Å². The van der Waals surface area contributed by atoms with Crippen LogP contribution in [0.1, 0.15) is 46.6 Å². The number of thiophene rings is 1. The zero-order chi connectivity index (χ0) is 26.3. The first kappa shape index (κ1) is 27.7. The van der Waals surface area contributed by atoms with Gasteiger partial charge in [-0.3, -0.25) is 9.36 Å². The number of carbonyl (C=O) groups excluding carboxylic acids is 2. The molecule has 1 heterocycles. The Morgan fingerprint density at radius 3 is 2.53 bits per heavy atom. The van der Waals surface area contributed by atoms with E-state index in [1.54, 1.807) is 13.0 Å². The number of carbonyl (C=O) groups is 2. The molecule has 0 fully saturated rings. The second-order valence-electron chi connectivity index (χ2n) is 8.53. The fraction of sp³-hybridized carbons (Fsp3) is 0.333. The van der Waals surface area contributed by atoms with Crippen molar-refractivity contribution in [3.8, 4) is 5.75 Å². The van der Waals surface area contributed by atoms with E-state index in [0.717, 1.165) is 26.8 Å². The van der Waals surface area contributed by atoms with Crippen LogP contribution in [0.15, 0.2) is 55.1 Å². The van der Waals surface area contributed by atoms with E-state index < -0.39 is 25.5 Å². The molecule has 0 aliphatic carbocycles. The lowest BCUT2D eigenvalue weighted by Gasteiger charge is -2.25. The minimum absolute atomic E-state index is 0.0359. The summed E-state index contributed by atoms with van der Waals surface area (Å²) >= 11 is 1.33. The van der Waals surface area contributed by atoms with Gasteiger partial charge in [-0.15, -0.1) is 11.3 Å². The third-order valence-electron chi connectivity index (χ3n) is 5.34. The van der Waals surface area contributed by atoms with Crippen LogP contribution < -0.4 is 9.61 Å². The van der Waals surface area contributed by atoms with Gasteiger partial charge in [-0.2, -0.15) is 0 Å². The number of fused-ring (bicyclic) bond motifs is 1. The summed E-state index contributed by atoms with van der Waals surface area (Å²) in [4.78, 5) is 25.1. The quantitative estimate of drug-likeness (QED) is 0.161. The summed E-state index contributed by atoms with van der Waals surface area (Å²) in [5, 5.41) is 3.76. The number of esters is 2. The molecular formula is C27H32NO6PS. The summed E-state index contributed by atoms with van der Waals surface area (Å²) in [6.45, 7) is 11.3. The van der Waals surface area contributed by atoms with E-state index in [9.17, 15) is 14.2 Å². The van der Waals surface area contributed by atoms with Gasteiger partial charge in [0, 0.05) is 4.70 Å². The highest BCUT2D eigenvalue weighted by Gasteiger charge is 2.32. The second-order valence-corrected chi connectivity index (χ2v) is 11.7. The largest absolute Gasteiger partial charge is 0.465 e. The molecule has 1 aromatic heterocycles. The Bertz CT molecular complexity index is 1280. The van der Waals surface area contributed by atoms with Crippen molar-refractivity contribution < 1.29 is 28.2 Å². The number of aryl methyl sites for hydroxylation is 2. The molecule has 192 valence electrons. The third-order valence-corrected chi connectivity index (χ3v) is 8.48. The summed E-state index contributed by atoms with van der Waals surface area (Å²) in [5.41, 5.74) is 2.42. The molecule has 2 unspecified atom stereocenters. The van der Waals surface area contributed by atoms with E-state index in [0.29, 0.717) is 23.7 Å². The van der Waals surface area contributed by atoms with E-state index in [1.165, 1.54) is 17.4 Å². The summed E-state index contributed by atoms with van der Waals surface area (Å²) in [6, 6.07) is 12.2. The Labute approximate surface area is 216 Å². The fourth-order valence-electron chi connectivity index (χ4n) is 3.61. The topological polar surface area (TPSA) is 90.9 Å². The van der Waals surface area contributed by atoms with Gasteiger partial charge in [-0.05, 0) is 67.5 Å². The Balaban J connectivity index is 1.91. The van der Waals surface area contributed by atoms with Crippen LogP contribution in [0, 0.1) is 13.8 Å². The molecule has 0 aliphatic heterocycles. The highest BCUT2D eigenvalue weighted by Crippen LogP contribution is 2.49. The van der Waals surface area contributed by atoms with Crippen molar-refractivity contribution in [2.24, 2.45) is 0 Å². The van der Waals surface area contributed by atoms with E-state index in [2.05, 4.69) is 11.7 Å². The van der Waals surface area contributed by atoms with Crippen LogP contribution in [0.2, 0.25) is 0 Å². The first-order valence-electron chi connectivity index (χ1n) is 11.8. The lowest BCUT2D eigenvalue weighted by Crippen LogP contribution is -2.35. The Hall–Kier alpha value is -2.93. The highest BCUT2D eigenvalue weighted by molar-refractivity contribution is 7.56. The Morgan fingerprint density at radius 2 is 1.86 bits per heavy atom. The maximum Gasteiger partial charge on any atom is 0.348 e. The molecule has 1 N–H and O–H groups in total. The van der Waals surface area contributed by atoms with Crippen LogP contribution in [0.4, 0.5) is 0 Å². The molecule has 0 aliphatic rings. The minimum Gasteiger partial charge on any atom is -0.465 e. The zero-order valence-corrected chi connectivity index (χ0v) is 22.7. The molecule has 3 aromatic rings. The Kier molecular flexibility index (Phi) is 9.49.